The van der Waals surface area contributed by atoms with Crippen LogP contribution in [0.3, 0.4) is 0 Å². The van der Waals surface area contributed by atoms with E-state index in [1.807, 2.05) is 75.4 Å². The van der Waals surface area contributed by atoms with Gasteiger partial charge >= 0.3 is 0 Å². The summed E-state index contributed by atoms with van der Waals surface area (Å²) in [5, 5.41) is 11.0. The maximum atomic E-state index is 12.5. The first-order chi connectivity index (χ1) is 13.5. The van der Waals surface area contributed by atoms with E-state index in [4.69, 9.17) is 10.5 Å². The lowest BCUT2D eigenvalue weighted by Gasteiger charge is -2.12. The third-order valence-electron chi connectivity index (χ3n) is 4.27. The van der Waals surface area contributed by atoms with Gasteiger partial charge in [0.05, 0.1) is 17.5 Å². The van der Waals surface area contributed by atoms with E-state index in [-0.39, 0.29) is 36.2 Å². The minimum Gasteiger partial charge on any atom is -0.491 e. The molecular formula is C21H26ClN5O2. The molecule has 3 aromatic rings. The van der Waals surface area contributed by atoms with Gasteiger partial charge in [0.1, 0.15) is 5.75 Å². The molecule has 0 saturated carbocycles. The fourth-order valence-electron chi connectivity index (χ4n) is 2.83. The lowest BCUT2D eigenvalue weighted by Crippen LogP contribution is -2.32. The standard InChI is InChI=1S/C21H25N5O2.ClH/c1-14(2)28-18-11-9-17(10-12-18)26-15(3)20(24-25-26)21(27)23-13-19(22)16-7-5-4-6-8-16;/h4-12,14,19H,13,22H2,1-3H3,(H,23,27);1H. The number of hydrogen-bond donors (Lipinski definition) is 2. The van der Waals surface area contributed by atoms with Crippen LogP contribution in [-0.4, -0.2) is 33.5 Å². The molecule has 1 heterocycles. The SMILES string of the molecule is Cc1c(C(=O)NCC(N)c2ccccc2)nnn1-c1ccc(OC(C)C)cc1.Cl. The van der Waals surface area contributed by atoms with Gasteiger partial charge in [-0.2, -0.15) is 0 Å². The largest absolute Gasteiger partial charge is 0.491 e. The van der Waals surface area contributed by atoms with Crippen molar-refractivity contribution in [2.24, 2.45) is 5.73 Å². The molecule has 1 atom stereocenters. The van der Waals surface area contributed by atoms with Crippen LogP contribution in [0.4, 0.5) is 0 Å². The van der Waals surface area contributed by atoms with Gasteiger partial charge in [0.15, 0.2) is 5.69 Å². The van der Waals surface area contributed by atoms with E-state index in [1.165, 1.54) is 0 Å². The van der Waals surface area contributed by atoms with Crippen molar-refractivity contribution in [3.05, 3.63) is 71.5 Å². The van der Waals surface area contributed by atoms with Gasteiger partial charge in [-0.1, -0.05) is 35.5 Å². The Bertz CT molecular complexity index is 926. The number of carbonyl (C=O) groups is 1. The Kier molecular flexibility index (Phi) is 7.75. The van der Waals surface area contributed by atoms with Gasteiger partial charge < -0.3 is 15.8 Å². The fourth-order valence-corrected chi connectivity index (χ4v) is 2.83. The number of amides is 1. The summed E-state index contributed by atoms with van der Waals surface area (Å²) >= 11 is 0. The molecular weight excluding hydrogens is 390 g/mol. The van der Waals surface area contributed by atoms with Crippen molar-refractivity contribution in [1.82, 2.24) is 20.3 Å². The van der Waals surface area contributed by atoms with Gasteiger partial charge in [0.25, 0.3) is 5.91 Å². The highest BCUT2D eigenvalue weighted by Gasteiger charge is 2.18. The Morgan fingerprint density at radius 2 is 1.79 bits per heavy atom. The summed E-state index contributed by atoms with van der Waals surface area (Å²) in [5.41, 5.74) is 8.84. The minimum atomic E-state index is -0.296. The van der Waals surface area contributed by atoms with Crippen LogP contribution in [0, 0.1) is 6.92 Å². The van der Waals surface area contributed by atoms with Gasteiger partial charge in [-0.15, -0.1) is 17.5 Å². The number of aromatic nitrogens is 3. The zero-order chi connectivity index (χ0) is 20.1. The number of rotatable bonds is 7. The van der Waals surface area contributed by atoms with E-state index >= 15 is 0 Å². The first-order valence-corrected chi connectivity index (χ1v) is 9.24. The summed E-state index contributed by atoms with van der Waals surface area (Å²) in [6.45, 7) is 6.08. The molecule has 0 aliphatic rings. The van der Waals surface area contributed by atoms with E-state index < -0.39 is 0 Å². The molecule has 0 aliphatic heterocycles. The minimum absolute atomic E-state index is 0. The van der Waals surface area contributed by atoms with E-state index in [2.05, 4.69) is 15.6 Å². The highest BCUT2D eigenvalue weighted by atomic mass is 35.5. The van der Waals surface area contributed by atoms with Crippen LogP contribution in [0.25, 0.3) is 5.69 Å². The topological polar surface area (TPSA) is 95.1 Å². The molecule has 3 rings (SSSR count). The van der Waals surface area contributed by atoms with E-state index in [1.54, 1.807) is 4.68 Å². The molecule has 8 heteroatoms. The number of halogens is 1. The van der Waals surface area contributed by atoms with Crippen molar-refractivity contribution in [1.29, 1.82) is 0 Å². The highest BCUT2D eigenvalue weighted by molar-refractivity contribution is 5.93. The van der Waals surface area contributed by atoms with Crippen molar-refractivity contribution in [3.8, 4) is 11.4 Å². The molecule has 0 bridgehead atoms. The van der Waals surface area contributed by atoms with Crippen LogP contribution < -0.4 is 15.8 Å². The first-order valence-electron chi connectivity index (χ1n) is 9.24. The average Bonchev–Trinajstić information content (AvgIpc) is 3.08. The predicted molar refractivity (Wildman–Crippen MR) is 115 cm³/mol. The fraction of sp³-hybridized carbons (Fsp3) is 0.286. The molecule has 0 aliphatic carbocycles. The molecule has 0 fully saturated rings. The van der Waals surface area contributed by atoms with E-state index in [0.717, 1.165) is 17.0 Å². The number of hydrogen-bond acceptors (Lipinski definition) is 5. The summed E-state index contributed by atoms with van der Waals surface area (Å²) in [6.07, 6.45) is 0.108. The highest BCUT2D eigenvalue weighted by Crippen LogP contribution is 2.18. The Morgan fingerprint density at radius 1 is 1.14 bits per heavy atom. The Labute approximate surface area is 176 Å². The lowest BCUT2D eigenvalue weighted by molar-refractivity contribution is 0.0945. The smallest absolute Gasteiger partial charge is 0.273 e. The molecule has 7 nitrogen and oxygen atoms in total. The summed E-state index contributed by atoms with van der Waals surface area (Å²) < 4.78 is 7.28. The maximum absolute atomic E-state index is 12.5. The second kappa shape index (κ2) is 10.0. The molecule has 29 heavy (non-hydrogen) atoms. The van der Waals surface area contributed by atoms with Crippen molar-refractivity contribution < 1.29 is 9.53 Å². The Morgan fingerprint density at radius 3 is 2.41 bits per heavy atom. The van der Waals surface area contributed by atoms with E-state index in [9.17, 15) is 4.79 Å². The Balaban J connectivity index is 0.00000300. The van der Waals surface area contributed by atoms with Gasteiger partial charge in [0, 0.05) is 12.6 Å². The van der Waals surface area contributed by atoms with Crippen molar-refractivity contribution in [2.75, 3.05) is 6.54 Å². The molecule has 0 radical (unpaired) electrons. The molecule has 3 N–H and O–H groups in total. The van der Waals surface area contributed by atoms with Crippen molar-refractivity contribution >= 4 is 18.3 Å². The average molecular weight is 416 g/mol. The predicted octanol–water partition coefficient (Wildman–Crippen LogP) is 3.21. The number of benzene rings is 2. The quantitative estimate of drug-likeness (QED) is 0.617. The summed E-state index contributed by atoms with van der Waals surface area (Å²) in [5.74, 6) is 0.485. The Hall–Kier alpha value is -2.90. The number of ether oxygens (including phenoxy) is 1. The lowest BCUT2D eigenvalue weighted by atomic mass is 10.1. The molecule has 2 aromatic carbocycles. The maximum Gasteiger partial charge on any atom is 0.273 e. The van der Waals surface area contributed by atoms with Crippen molar-refractivity contribution in [2.45, 2.75) is 32.9 Å². The van der Waals surface area contributed by atoms with Gasteiger partial charge in [-0.25, -0.2) is 4.68 Å². The number of nitrogens with zero attached hydrogens (tertiary/aromatic N) is 3. The van der Waals surface area contributed by atoms with Crippen LogP contribution in [-0.2, 0) is 0 Å². The van der Waals surface area contributed by atoms with Crippen LogP contribution in [0.2, 0.25) is 0 Å². The van der Waals surface area contributed by atoms with Gasteiger partial charge in [-0.05, 0) is 50.6 Å². The van der Waals surface area contributed by atoms with E-state index in [0.29, 0.717) is 12.2 Å². The number of nitrogens with two attached hydrogens (primary N) is 1. The third kappa shape index (κ3) is 5.56. The number of carbonyl (C=O) groups excluding carboxylic acids is 1. The normalized spacial score (nSPS) is 11.6. The van der Waals surface area contributed by atoms with Crippen molar-refractivity contribution in [3.63, 3.8) is 0 Å². The van der Waals surface area contributed by atoms with Crippen LogP contribution in [0.1, 0.15) is 41.6 Å². The number of nitrogens with one attached hydrogen (secondary N) is 1. The molecule has 0 spiro atoms. The van der Waals surface area contributed by atoms with Gasteiger partial charge in [-0.3, -0.25) is 4.79 Å². The first kappa shape index (κ1) is 22.4. The van der Waals surface area contributed by atoms with Crippen LogP contribution in [0.5, 0.6) is 5.75 Å². The molecule has 1 amide bonds. The summed E-state index contributed by atoms with van der Waals surface area (Å²) in [6, 6.07) is 16.9. The second-order valence-corrected chi connectivity index (χ2v) is 6.82. The zero-order valence-electron chi connectivity index (χ0n) is 16.7. The third-order valence-corrected chi connectivity index (χ3v) is 4.27. The summed E-state index contributed by atoms with van der Waals surface area (Å²) in [7, 11) is 0. The van der Waals surface area contributed by atoms with Crippen LogP contribution in [0.15, 0.2) is 54.6 Å². The summed E-state index contributed by atoms with van der Waals surface area (Å²) in [4.78, 5) is 12.5. The zero-order valence-corrected chi connectivity index (χ0v) is 17.5. The molecule has 154 valence electrons. The molecule has 0 saturated heterocycles. The van der Waals surface area contributed by atoms with Gasteiger partial charge in [0.2, 0.25) is 0 Å². The van der Waals surface area contributed by atoms with Crippen LogP contribution >= 0.6 is 12.4 Å². The molecule has 1 unspecified atom stereocenters. The second-order valence-electron chi connectivity index (χ2n) is 6.82. The molecule has 1 aromatic heterocycles. The monoisotopic (exact) mass is 415 g/mol.